The second-order valence-electron chi connectivity index (χ2n) is 36.4. The number of hydrogen-bond acceptors (Lipinski definition) is 9. The summed E-state index contributed by atoms with van der Waals surface area (Å²) < 4.78 is 51.7. The number of methoxy groups -OCH3 is 6. The average molecular weight is 1700 g/mol. The highest BCUT2D eigenvalue weighted by atomic mass is 32.1. The maximum Gasteiger partial charge on any atom is 0.177 e. The number of aryl methyl sites for hydroxylation is 3. The van der Waals surface area contributed by atoms with Crippen molar-refractivity contribution in [3.8, 4) is 91.9 Å². The summed E-state index contributed by atoms with van der Waals surface area (Å²) in [4.78, 5) is 2.49. The van der Waals surface area contributed by atoms with Gasteiger partial charge in [0.25, 0.3) is 0 Å². The highest BCUT2D eigenvalue weighted by Gasteiger charge is 2.26. The van der Waals surface area contributed by atoms with Gasteiger partial charge in [0.2, 0.25) is 0 Å². The Labute approximate surface area is 747 Å². The molecule has 0 aliphatic heterocycles. The van der Waals surface area contributed by atoms with Crippen LogP contribution in [0.1, 0.15) is 159 Å². The van der Waals surface area contributed by atoms with E-state index in [4.69, 9.17) is 28.4 Å². The Hall–Kier alpha value is -11.7. The van der Waals surface area contributed by atoms with Gasteiger partial charge in [-0.15, -0.1) is 34.0 Å². The van der Waals surface area contributed by atoms with E-state index >= 15 is 0 Å². The summed E-state index contributed by atoms with van der Waals surface area (Å²) in [6.07, 6.45) is 0. The second-order valence-corrected chi connectivity index (χ2v) is 39.6. The van der Waals surface area contributed by atoms with Crippen LogP contribution in [0.4, 0.5) is 4.39 Å². The number of hydrogen-bond donors (Lipinski definition) is 0. The SMILES string of the molecule is COC(C)(C)C#Cc1c2cc3cc(F)sc3cc2c(C#CC(C)(C)OC)c2cc3c(C)ccc(C)c3cc12.COC(C)(C)C#Cc1c2cc3ccccc3cc2c(C#CC(C)(C)OC)c2cc3sc(-c4ccc(C(C)(C)C)cc4)cc3cc12.COC(C)(C)C#Cc1c2cc3ccccc3cc2c(C#CC(C)(C)OC)c2cc3sc(-c4ccc(C)cc4)cc3cc12. The minimum absolute atomic E-state index is 0.118. The topological polar surface area (TPSA) is 55.4 Å². The fourth-order valence-corrected chi connectivity index (χ4v) is 18.3. The monoisotopic (exact) mass is 1700 g/mol. The minimum Gasteiger partial charge on any atom is -0.366 e. The van der Waals surface area contributed by atoms with Crippen LogP contribution in [0, 0.1) is 96.9 Å². The molecule has 10 heteroatoms. The van der Waals surface area contributed by atoms with E-state index in [0.717, 1.165) is 119 Å². The van der Waals surface area contributed by atoms with E-state index in [1.165, 1.54) is 95.6 Å². The van der Waals surface area contributed by atoms with Gasteiger partial charge in [-0.2, -0.15) is 4.39 Å². The molecule has 125 heavy (non-hydrogen) atoms. The van der Waals surface area contributed by atoms with Crippen LogP contribution in [-0.4, -0.2) is 76.3 Å². The molecule has 0 saturated heterocycles. The molecule has 0 spiro atoms. The van der Waals surface area contributed by atoms with Crippen LogP contribution in [0.2, 0.25) is 0 Å². The maximum absolute atomic E-state index is 14.4. The summed E-state index contributed by atoms with van der Waals surface area (Å²) in [5.74, 6) is 41.5. The number of rotatable bonds is 8. The molecule has 0 radical (unpaired) electrons. The van der Waals surface area contributed by atoms with Gasteiger partial charge in [0.05, 0.1) is 0 Å². The lowest BCUT2D eigenvalue weighted by Gasteiger charge is -2.18. The smallest absolute Gasteiger partial charge is 0.177 e. The zero-order valence-corrected chi connectivity index (χ0v) is 78.6. The lowest BCUT2D eigenvalue weighted by molar-refractivity contribution is 0.0739. The Morgan fingerprint density at radius 1 is 0.248 bits per heavy atom. The van der Waals surface area contributed by atoms with E-state index in [-0.39, 0.29) is 10.5 Å². The molecule has 0 amide bonds. The van der Waals surface area contributed by atoms with E-state index in [9.17, 15) is 4.39 Å². The van der Waals surface area contributed by atoms with Crippen LogP contribution in [0.5, 0.6) is 0 Å². The number of ether oxygens (including phenoxy) is 6. The Bertz CT molecular complexity index is 7270. The van der Waals surface area contributed by atoms with E-state index in [1.54, 1.807) is 48.7 Å². The first-order valence-electron chi connectivity index (χ1n) is 42.2. The minimum atomic E-state index is -0.623. The van der Waals surface area contributed by atoms with Gasteiger partial charge in [-0.1, -0.05) is 207 Å². The highest BCUT2D eigenvalue weighted by Crippen LogP contribution is 2.46. The van der Waals surface area contributed by atoms with Crippen molar-refractivity contribution < 1.29 is 32.8 Å². The third-order valence-corrected chi connectivity index (χ3v) is 27.1. The molecule has 6 nitrogen and oxygen atoms in total. The van der Waals surface area contributed by atoms with Crippen LogP contribution in [0.15, 0.2) is 200 Å². The predicted molar refractivity (Wildman–Crippen MR) is 535 cm³/mol. The summed E-state index contributed by atoms with van der Waals surface area (Å²) in [6, 6.07) is 72.1. The van der Waals surface area contributed by atoms with Crippen LogP contribution in [0.3, 0.4) is 0 Å². The van der Waals surface area contributed by atoms with Gasteiger partial charge in [-0.05, 0) is 325 Å². The maximum atomic E-state index is 14.4. The van der Waals surface area contributed by atoms with Gasteiger partial charge in [0, 0.05) is 116 Å². The summed E-state index contributed by atoms with van der Waals surface area (Å²) in [6.45, 7) is 36.9. The lowest BCUT2D eigenvalue weighted by atomic mass is 9.86. The van der Waals surface area contributed by atoms with Crippen molar-refractivity contribution in [2.45, 2.75) is 164 Å². The molecular formula is C115H105FO6S3. The largest absolute Gasteiger partial charge is 0.366 e. The van der Waals surface area contributed by atoms with Crippen LogP contribution in [0.25, 0.3) is 148 Å². The molecule has 3 heterocycles. The molecule has 0 aliphatic rings. The molecule has 0 bridgehead atoms. The lowest BCUT2D eigenvalue weighted by Crippen LogP contribution is -2.19. The van der Waals surface area contributed by atoms with Gasteiger partial charge in [-0.3, -0.25) is 0 Å². The standard InChI is InChI=1S/C42H40O2S.C39H34O2S.C34H31FO2S/c1-40(2,3)31-16-14-27(15-17-31)38-25-30-24-36-32(18-20-41(4,5)43-8)34-22-28-12-10-11-13-29(28)23-35(34)33(19-21-42(6,7)44-9)37(36)26-39(30)45-38;1-25-12-14-26(15-13-25)36-23-29-22-34-30(16-18-38(2,3)40-6)32-20-27-10-8-9-11-28(27)21-33(32)31(17-19-39(4,5)41-7)35(34)24-37(29)42-36;1-20-9-10-21(2)26-18-29-24(12-14-34(5,6)37-8)30-19-31-22(16-32(35)38-31)15-27(30)23(28(29)17-25(20)26)11-13-33(3,4)36-7/h10-17,22-26H,1-9H3;8-15,20-24H,1-7H3;9-10,15-19H,1-8H3. The second kappa shape index (κ2) is 34.4. The zero-order chi connectivity index (χ0) is 89.2. The normalized spacial score (nSPS) is 12.2. The van der Waals surface area contributed by atoms with E-state index in [0.29, 0.717) is 0 Å². The molecule has 0 unspecified atom stereocenters. The average Bonchev–Trinajstić information content (AvgIpc) is 1.73. The van der Waals surface area contributed by atoms with Crippen molar-refractivity contribution in [3.63, 3.8) is 0 Å². The number of benzene rings is 14. The van der Waals surface area contributed by atoms with E-state index in [2.05, 4.69) is 301 Å². The number of halogens is 1. The third-order valence-electron chi connectivity index (χ3n) is 23.9. The molecular weight excluding hydrogens is 1590 g/mol. The number of thiophene rings is 3. The summed E-state index contributed by atoms with van der Waals surface area (Å²) in [5.41, 5.74) is 9.77. The molecule has 14 aromatic carbocycles. The third kappa shape index (κ3) is 18.6. The molecule has 0 atom stereocenters. The number of fused-ring (bicyclic) bond motifs is 12. The van der Waals surface area contributed by atoms with Crippen LogP contribution in [-0.2, 0) is 33.8 Å². The molecule has 0 fully saturated rings. The zero-order valence-electron chi connectivity index (χ0n) is 76.1. The first-order valence-corrected chi connectivity index (χ1v) is 44.7. The predicted octanol–water partition coefficient (Wildman–Crippen LogP) is 29.4. The fourth-order valence-electron chi connectivity index (χ4n) is 15.3. The van der Waals surface area contributed by atoms with Crippen molar-refractivity contribution in [2.75, 3.05) is 42.7 Å². The fraction of sp³-hybridized carbons (Fsp3) is 0.270. The molecule has 0 aliphatic carbocycles. The molecule has 0 saturated carbocycles. The molecule has 17 rings (SSSR count). The van der Waals surface area contributed by atoms with Crippen molar-refractivity contribution in [2.24, 2.45) is 0 Å². The van der Waals surface area contributed by atoms with Crippen molar-refractivity contribution in [1.82, 2.24) is 0 Å². The van der Waals surface area contributed by atoms with E-state index in [1.807, 2.05) is 112 Å². The quantitative estimate of drug-likeness (QED) is 0.112. The molecule has 0 N–H and O–H groups in total. The van der Waals surface area contributed by atoms with Crippen molar-refractivity contribution in [3.05, 3.63) is 261 Å². The van der Waals surface area contributed by atoms with Crippen LogP contribution < -0.4 is 0 Å². The summed E-state index contributed by atoms with van der Waals surface area (Å²) in [5, 5.41) is 22.8. The van der Waals surface area contributed by atoms with Gasteiger partial charge in [0.15, 0.2) is 5.13 Å². The summed E-state index contributed by atoms with van der Waals surface area (Å²) >= 11 is 4.78. The van der Waals surface area contributed by atoms with Gasteiger partial charge in [-0.25, -0.2) is 0 Å². The molecule has 626 valence electrons. The Morgan fingerprint density at radius 2 is 0.488 bits per heavy atom. The Morgan fingerprint density at radius 3 is 0.760 bits per heavy atom. The van der Waals surface area contributed by atoms with Crippen LogP contribution >= 0.6 is 34.0 Å². The van der Waals surface area contributed by atoms with Gasteiger partial charge in [0.1, 0.15) is 33.6 Å². The molecule has 17 aromatic rings. The van der Waals surface area contributed by atoms with Gasteiger partial charge >= 0.3 is 0 Å². The highest BCUT2D eigenvalue weighted by molar-refractivity contribution is 7.22. The van der Waals surface area contributed by atoms with Gasteiger partial charge < -0.3 is 28.4 Å². The van der Waals surface area contributed by atoms with Crippen molar-refractivity contribution in [1.29, 1.82) is 0 Å². The Balaban J connectivity index is 0.000000145. The first kappa shape index (κ1) is 88.2. The van der Waals surface area contributed by atoms with Crippen molar-refractivity contribution >= 4 is 161 Å². The molecule has 3 aromatic heterocycles. The first-order chi connectivity index (χ1) is 59.3. The van der Waals surface area contributed by atoms with E-state index < -0.39 is 33.6 Å². The Kier molecular flexibility index (Phi) is 24.2. The summed E-state index contributed by atoms with van der Waals surface area (Å²) in [7, 11) is 10.2.